The maximum Gasteiger partial charge on any atom is 0.115 e. The first-order chi connectivity index (χ1) is 11.4. The van der Waals surface area contributed by atoms with E-state index in [0.29, 0.717) is 0 Å². The van der Waals surface area contributed by atoms with Crippen molar-refractivity contribution in [2.75, 3.05) is 0 Å². The average Bonchev–Trinajstić information content (AvgIpc) is 2.78. The van der Waals surface area contributed by atoms with E-state index >= 15 is 0 Å². The van der Waals surface area contributed by atoms with Crippen LogP contribution in [0.5, 0.6) is 0 Å². The molecule has 0 N–H and O–H groups in total. The summed E-state index contributed by atoms with van der Waals surface area (Å²) in [4.78, 5) is 4.86. The third-order valence-electron chi connectivity index (χ3n) is 6.14. The molecule has 3 heterocycles. The Morgan fingerprint density at radius 3 is 1.88 bits per heavy atom. The molecule has 2 aliphatic rings. The first-order valence-corrected chi connectivity index (χ1v) is 14.7. The SMILES string of the molecule is C[Si]1(C)c2cccnc2-c2cccc3c2-c2c1cccc2[Si]3(C)C. The highest BCUT2D eigenvalue weighted by Gasteiger charge is 2.45. The molecule has 118 valence electrons. The Kier molecular flexibility index (Phi) is 2.60. The van der Waals surface area contributed by atoms with Crippen LogP contribution in [0, 0.1) is 0 Å². The lowest BCUT2D eigenvalue weighted by molar-refractivity contribution is 1.34. The molecular formula is C21H21NSi2. The van der Waals surface area contributed by atoms with Gasteiger partial charge in [-0.1, -0.05) is 68.7 Å². The summed E-state index contributed by atoms with van der Waals surface area (Å²) in [6.07, 6.45) is 1.96. The summed E-state index contributed by atoms with van der Waals surface area (Å²) in [5, 5.41) is 6.28. The zero-order valence-corrected chi connectivity index (χ0v) is 16.6. The molecule has 3 aromatic rings. The minimum atomic E-state index is -1.78. The predicted molar refractivity (Wildman–Crippen MR) is 109 cm³/mol. The highest BCUT2D eigenvalue weighted by molar-refractivity contribution is 7.07. The fourth-order valence-corrected chi connectivity index (χ4v) is 11.0. The second-order valence-corrected chi connectivity index (χ2v) is 16.8. The fourth-order valence-electron chi connectivity index (χ4n) is 4.82. The number of hydrogen-bond acceptors (Lipinski definition) is 1. The lowest BCUT2D eigenvalue weighted by atomic mass is 9.97. The molecule has 0 saturated carbocycles. The van der Waals surface area contributed by atoms with Gasteiger partial charge in [0.2, 0.25) is 0 Å². The van der Waals surface area contributed by atoms with Gasteiger partial charge in [-0.15, -0.1) is 0 Å². The second-order valence-electron chi connectivity index (χ2n) is 8.11. The zero-order valence-electron chi connectivity index (χ0n) is 14.6. The van der Waals surface area contributed by atoms with Gasteiger partial charge in [-0.05, 0) is 37.9 Å². The number of fused-ring (bicyclic) bond motifs is 2. The van der Waals surface area contributed by atoms with E-state index in [-0.39, 0.29) is 0 Å². The molecule has 24 heavy (non-hydrogen) atoms. The Morgan fingerprint density at radius 2 is 1.17 bits per heavy atom. The first kappa shape index (κ1) is 14.4. The molecule has 0 saturated heterocycles. The number of rotatable bonds is 0. The van der Waals surface area contributed by atoms with E-state index in [2.05, 4.69) is 74.7 Å². The molecular weight excluding hydrogens is 322 g/mol. The molecule has 0 bridgehead atoms. The van der Waals surface area contributed by atoms with Gasteiger partial charge >= 0.3 is 0 Å². The lowest BCUT2D eigenvalue weighted by Crippen LogP contribution is -2.56. The van der Waals surface area contributed by atoms with E-state index in [1.165, 1.54) is 22.0 Å². The minimum Gasteiger partial charge on any atom is -0.256 e. The van der Waals surface area contributed by atoms with Crippen molar-refractivity contribution in [2.24, 2.45) is 0 Å². The Balaban J connectivity index is 2.08. The number of benzene rings is 2. The molecule has 0 spiro atoms. The van der Waals surface area contributed by atoms with Crippen LogP contribution in [0.1, 0.15) is 0 Å². The molecule has 1 nitrogen and oxygen atoms in total. The van der Waals surface area contributed by atoms with Crippen LogP contribution >= 0.6 is 0 Å². The van der Waals surface area contributed by atoms with Gasteiger partial charge in [-0.25, -0.2) is 0 Å². The summed E-state index contributed by atoms with van der Waals surface area (Å²) >= 11 is 0. The molecule has 0 atom stereocenters. The van der Waals surface area contributed by atoms with Crippen molar-refractivity contribution in [3.05, 3.63) is 54.7 Å². The van der Waals surface area contributed by atoms with Gasteiger partial charge in [0.05, 0.1) is 5.69 Å². The first-order valence-electron chi connectivity index (χ1n) is 8.68. The highest BCUT2D eigenvalue weighted by Crippen LogP contribution is 2.38. The van der Waals surface area contributed by atoms with Crippen molar-refractivity contribution in [1.29, 1.82) is 0 Å². The molecule has 0 fully saturated rings. The van der Waals surface area contributed by atoms with E-state index < -0.39 is 16.1 Å². The van der Waals surface area contributed by atoms with Gasteiger partial charge in [0.25, 0.3) is 0 Å². The van der Waals surface area contributed by atoms with Crippen LogP contribution in [-0.2, 0) is 0 Å². The van der Waals surface area contributed by atoms with Gasteiger partial charge in [0.1, 0.15) is 16.1 Å². The fraction of sp³-hybridized carbons (Fsp3) is 0.190. The van der Waals surface area contributed by atoms with Crippen LogP contribution < -0.4 is 20.7 Å². The average molecular weight is 344 g/mol. The number of nitrogens with zero attached hydrogens (tertiary/aromatic N) is 1. The molecule has 0 radical (unpaired) electrons. The van der Waals surface area contributed by atoms with Gasteiger partial charge in [-0.2, -0.15) is 0 Å². The van der Waals surface area contributed by atoms with Crippen LogP contribution in [0.15, 0.2) is 54.7 Å². The van der Waals surface area contributed by atoms with E-state index in [1.54, 1.807) is 21.1 Å². The summed E-state index contributed by atoms with van der Waals surface area (Å²) in [5.41, 5.74) is 5.64. The predicted octanol–water partition coefficient (Wildman–Crippen LogP) is 2.69. The smallest absolute Gasteiger partial charge is 0.115 e. The summed E-state index contributed by atoms with van der Waals surface area (Å²) < 4.78 is 0. The van der Waals surface area contributed by atoms with Crippen molar-refractivity contribution >= 4 is 36.9 Å². The zero-order chi connectivity index (χ0) is 16.7. The van der Waals surface area contributed by atoms with E-state index in [9.17, 15) is 0 Å². The second kappa shape index (κ2) is 4.35. The maximum absolute atomic E-state index is 4.86. The molecule has 0 aliphatic carbocycles. The van der Waals surface area contributed by atoms with Crippen molar-refractivity contribution < 1.29 is 0 Å². The minimum absolute atomic E-state index is 1.22. The third kappa shape index (κ3) is 1.52. The van der Waals surface area contributed by atoms with Gasteiger partial charge in [0.15, 0.2) is 0 Å². The quantitative estimate of drug-likeness (QED) is 0.572. The van der Waals surface area contributed by atoms with Crippen LogP contribution in [0.2, 0.25) is 26.2 Å². The monoisotopic (exact) mass is 343 g/mol. The Labute approximate surface area is 145 Å². The van der Waals surface area contributed by atoms with Crippen LogP contribution in [0.25, 0.3) is 22.4 Å². The summed E-state index contributed by atoms with van der Waals surface area (Å²) in [7, 11) is -3.40. The normalized spacial score (nSPS) is 17.8. The maximum atomic E-state index is 4.86. The van der Waals surface area contributed by atoms with E-state index in [4.69, 9.17) is 4.98 Å². The van der Waals surface area contributed by atoms with Crippen LogP contribution in [-0.4, -0.2) is 21.1 Å². The molecule has 0 unspecified atom stereocenters. The molecule has 5 rings (SSSR count). The van der Waals surface area contributed by atoms with Crippen LogP contribution in [0.3, 0.4) is 0 Å². The molecule has 1 aromatic heterocycles. The third-order valence-corrected chi connectivity index (χ3v) is 13.2. The van der Waals surface area contributed by atoms with Gasteiger partial charge in [0, 0.05) is 11.8 Å². The molecule has 0 amide bonds. The summed E-state index contributed by atoms with van der Waals surface area (Å²) in [6.45, 7) is 9.98. The van der Waals surface area contributed by atoms with E-state index in [1.807, 2.05) is 6.20 Å². The Hall–Kier alpha value is -1.98. The summed E-state index contributed by atoms with van der Waals surface area (Å²) in [6, 6.07) is 18.4. The molecule has 3 heteroatoms. The van der Waals surface area contributed by atoms with Crippen molar-refractivity contribution in [1.82, 2.24) is 4.98 Å². The standard InChI is InChI=1S/C21H21NSi2/c1-23(2)15-9-5-8-14-19(15)20-16(23)10-6-11-17(20)24(3,4)18-12-7-13-22-21(14)18/h5-13H,1-4H3. The van der Waals surface area contributed by atoms with Gasteiger partial charge < -0.3 is 0 Å². The number of hydrogen-bond donors (Lipinski definition) is 0. The van der Waals surface area contributed by atoms with Gasteiger partial charge in [-0.3, -0.25) is 4.98 Å². The largest absolute Gasteiger partial charge is 0.256 e. The van der Waals surface area contributed by atoms with Crippen LogP contribution in [0.4, 0.5) is 0 Å². The Bertz CT molecular complexity index is 1020. The summed E-state index contributed by atoms with van der Waals surface area (Å²) in [5.74, 6) is 0. The molecule has 2 aromatic carbocycles. The Morgan fingerprint density at radius 1 is 0.625 bits per heavy atom. The van der Waals surface area contributed by atoms with E-state index in [0.717, 1.165) is 0 Å². The topological polar surface area (TPSA) is 12.9 Å². The lowest BCUT2D eigenvalue weighted by Gasteiger charge is -2.27. The highest BCUT2D eigenvalue weighted by atomic mass is 28.3. The van der Waals surface area contributed by atoms with Crippen molar-refractivity contribution in [2.45, 2.75) is 26.2 Å². The molecule has 2 aliphatic heterocycles. The van der Waals surface area contributed by atoms with Crippen molar-refractivity contribution in [3.63, 3.8) is 0 Å². The number of aromatic nitrogens is 1. The van der Waals surface area contributed by atoms with Crippen molar-refractivity contribution in [3.8, 4) is 22.4 Å². The number of pyridine rings is 1.